The summed E-state index contributed by atoms with van der Waals surface area (Å²) >= 11 is 0. The Morgan fingerprint density at radius 3 is 2.52 bits per heavy atom. The Labute approximate surface area is 138 Å². The van der Waals surface area contributed by atoms with Gasteiger partial charge < -0.3 is 10.6 Å². The monoisotopic (exact) mass is 339 g/mol. The molecule has 1 heterocycles. The standard InChI is InChI=1S/C16H25N3O3S/c1-3-23(21,22)18-10-13-4-6-14(7-5-13)15(20)19-9-8-16(2,11-17)12-19/h4-7,18H,3,8-12,17H2,1-2H3. The first-order valence-corrected chi connectivity index (χ1v) is 9.49. The molecule has 1 aromatic rings. The predicted molar refractivity (Wildman–Crippen MR) is 90.4 cm³/mol. The van der Waals surface area contributed by atoms with E-state index >= 15 is 0 Å². The van der Waals surface area contributed by atoms with Gasteiger partial charge in [0.1, 0.15) is 0 Å². The van der Waals surface area contributed by atoms with Gasteiger partial charge in [0.15, 0.2) is 0 Å². The molecule has 3 N–H and O–H groups in total. The fourth-order valence-corrected chi connectivity index (χ4v) is 3.20. The molecule has 0 aromatic heterocycles. The van der Waals surface area contributed by atoms with Gasteiger partial charge in [-0.3, -0.25) is 4.79 Å². The third kappa shape index (κ3) is 4.53. The molecular formula is C16H25N3O3S. The Morgan fingerprint density at radius 1 is 1.35 bits per heavy atom. The Balaban J connectivity index is 1.98. The number of hydrogen-bond acceptors (Lipinski definition) is 4. The zero-order valence-electron chi connectivity index (χ0n) is 13.7. The maximum Gasteiger partial charge on any atom is 0.253 e. The quantitative estimate of drug-likeness (QED) is 0.806. The van der Waals surface area contributed by atoms with Crippen LogP contribution < -0.4 is 10.5 Å². The summed E-state index contributed by atoms with van der Waals surface area (Å²) < 4.78 is 25.4. The molecule has 1 amide bonds. The molecule has 0 spiro atoms. The summed E-state index contributed by atoms with van der Waals surface area (Å²) in [4.78, 5) is 14.3. The molecule has 2 rings (SSSR count). The molecule has 1 atom stereocenters. The van der Waals surface area contributed by atoms with Crippen LogP contribution in [0.3, 0.4) is 0 Å². The van der Waals surface area contributed by atoms with Gasteiger partial charge in [0.2, 0.25) is 10.0 Å². The molecule has 0 bridgehead atoms. The van der Waals surface area contributed by atoms with E-state index in [0.29, 0.717) is 18.7 Å². The van der Waals surface area contributed by atoms with Crippen molar-refractivity contribution in [3.8, 4) is 0 Å². The third-order valence-corrected chi connectivity index (χ3v) is 5.76. The van der Waals surface area contributed by atoms with E-state index in [1.54, 1.807) is 31.2 Å². The van der Waals surface area contributed by atoms with E-state index in [4.69, 9.17) is 5.73 Å². The molecule has 1 aromatic carbocycles. The van der Waals surface area contributed by atoms with Crippen LogP contribution in [0.25, 0.3) is 0 Å². The van der Waals surface area contributed by atoms with Crippen molar-refractivity contribution in [2.45, 2.75) is 26.8 Å². The van der Waals surface area contributed by atoms with E-state index in [2.05, 4.69) is 11.6 Å². The number of nitrogens with zero attached hydrogens (tertiary/aromatic N) is 1. The topological polar surface area (TPSA) is 92.5 Å². The van der Waals surface area contributed by atoms with Gasteiger partial charge in [-0.1, -0.05) is 19.1 Å². The van der Waals surface area contributed by atoms with Crippen molar-refractivity contribution in [3.05, 3.63) is 35.4 Å². The van der Waals surface area contributed by atoms with Crippen molar-refractivity contribution in [1.29, 1.82) is 0 Å². The van der Waals surface area contributed by atoms with Gasteiger partial charge in [-0.15, -0.1) is 0 Å². The van der Waals surface area contributed by atoms with Gasteiger partial charge in [-0.2, -0.15) is 0 Å². The van der Waals surface area contributed by atoms with E-state index in [9.17, 15) is 13.2 Å². The zero-order valence-corrected chi connectivity index (χ0v) is 14.5. The van der Waals surface area contributed by atoms with E-state index in [1.807, 2.05) is 4.90 Å². The van der Waals surface area contributed by atoms with Crippen LogP contribution in [0.15, 0.2) is 24.3 Å². The average Bonchev–Trinajstić information content (AvgIpc) is 2.96. The minimum Gasteiger partial charge on any atom is -0.338 e. The molecular weight excluding hydrogens is 314 g/mol. The molecule has 1 fully saturated rings. The van der Waals surface area contributed by atoms with Crippen molar-refractivity contribution < 1.29 is 13.2 Å². The third-order valence-electron chi connectivity index (χ3n) is 4.42. The van der Waals surface area contributed by atoms with E-state index in [1.165, 1.54) is 0 Å². The van der Waals surface area contributed by atoms with Crippen molar-refractivity contribution in [2.75, 3.05) is 25.4 Å². The SMILES string of the molecule is CCS(=O)(=O)NCc1ccc(C(=O)N2CCC(C)(CN)C2)cc1. The van der Waals surface area contributed by atoms with Crippen LogP contribution in [0.4, 0.5) is 0 Å². The molecule has 7 heteroatoms. The maximum atomic E-state index is 12.5. The summed E-state index contributed by atoms with van der Waals surface area (Å²) in [5.41, 5.74) is 7.23. The maximum absolute atomic E-state index is 12.5. The molecule has 128 valence electrons. The molecule has 6 nitrogen and oxygen atoms in total. The Kier molecular flexibility index (Phi) is 5.44. The highest BCUT2D eigenvalue weighted by Crippen LogP contribution is 2.29. The molecule has 1 aliphatic rings. The fraction of sp³-hybridized carbons (Fsp3) is 0.562. The van der Waals surface area contributed by atoms with Gasteiger partial charge in [-0.25, -0.2) is 13.1 Å². The van der Waals surface area contributed by atoms with Gasteiger partial charge in [0.25, 0.3) is 5.91 Å². The molecule has 0 saturated carbocycles. The van der Waals surface area contributed by atoms with E-state index in [-0.39, 0.29) is 23.6 Å². The number of nitrogens with two attached hydrogens (primary N) is 1. The van der Waals surface area contributed by atoms with E-state index in [0.717, 1.165) is 18.5 Å². The molecule has 1 unspecified atom stereocenters. The van der Waals surface area contributed by atoms with Crippen molar-refractivity contribution in [2.24, 2.45) is 11.1 Å². The highest BCUT2D eigenvalue weighted by Gasteiger charge is 2.35. The lowest BCUT2D eigenvalue weighted by atomic mass is 9.90. The lowest BCUT2D eigenvalue weighted by Gasteiger charge is -2.22. The normalized spacial score (nSPS) is 21.6. The number of likely N-dealkylation sites (tertiary alicyclic amines) is 1. The highest BCUT2D eigenvalue weighted by molar-refractivity contribution is 7.89. The van der Waals surface area contributed by atoms with Crippen LogP contribution in [0, 0.1) is 5.41 Å². The molecule has 0 aliphatic carbocycles. The van der Waals surface area contributed by atoms with Crippen LogP contribution in [0.5, 0.6) is 0 Å². The first-order valence-electron chi connectivity index (χ1n) is 7.84. The smallest absolute Gasteiger partial charge is 0.253 e. The van der Waals surface area contributed by atoms with Gasteiger partial charge in [0.05, 0.1) is 5.75 Å². The number of rotatable bonds is 6. The van der Waals surface area contributed by atoms with Crippen molar-refractivity contribution in [3.63, 3.8) is 0 Å². The number of carbonyl (C=O) groups is 1. The van der Waals surface area contributed by atoms with E-state index < -0.39 is 10.0 Å². The van der Waals surface area contributed by atoms with Crippen LogP contribution in [-0.4, -0.2) is 44.6 Å². The summed E-state index contributed by atoms with van der Waals surface area (Å²) in [6.45, 7) is 5.91. The minimum absolute atomic E-state index is 0.00265. The fourth-order valence-electron chi connectivity index (χ4n) is 2.61. The Morgan fingerprint density at radius 2 is 2.00 bits per heavy atom. The van der Waals surface area contributed by atoms with Crippen LogP contribution in [0.1, 0.15) is 36.2 Å². The lowest BCUT2D eigenvalue weighted by Crippen LogP contribution is -2.34. The first-order chi connectivity index (χ1) is 10.8. The second kappa shape index (κ2) is 6.98. The van der Waals surface area contributed by atoms with Crippen LogP contribution in [0.2, 0.25) is 0 Å². The number of sulfonamides is 1. The highest BCUT2D eigenvalue weighted by atomic mass is 32.2. The molecule has 0 radical (unpaired) electrons. The second-order valence-electron chi connectivity index (χ2n) is 6.41. The van der Waals surface area contributed by atoms with Crippen LogP contribution in [-0.2, 0) is 16.6 Å². The molecule has 23 heavy (non-hydrogen) atoms. The van der Waals surface area contributed by atoms with Crippen molar-refractivity contribution >= 4 is 15.9 Å². The summed E-state index contributed by atoms with van der Waals surface area (Å²) in [6.07, 6.45) is 0.923. The summed E-state index contributed by atoms with van der Waals surface area (Å²) in [6, 6.07) is 7.05. The predicted octanol–water partition coefficient (Wildman–Crippen LogP) is 0.937. The Hall–Kier alpha value is -1.44. The summed E-state index contributed by atoms with van der Waals surface area (Å²) in [7, 11) is -3.21. The van der Waals surface area contributed by atoms with Crippen LogP contribution >= 0.6 is 0 Å². The number of benzene rings is 1. The first kappa shape index (κ1) is 17.9. The Bertz CT molecular complexity index is 658. The second-order valence-corrected chi connectivity index (χ2v) is 8.51. The number of amides is 1. The summed E-state index contributed by atoms with van der Waals surface area (Å²) in [5, 5.41) is 0. The number of nitrogens with one attached hydrogen (secondary N) is 1. The lowest BCUT2D eigenvalue weighted by molar-refractivity contribution is 0.0777. The average molecular weight is 339 g/mol. The number of carbonyl (C=O) groups excluding carboxylic acids is 1. The zero-order chi connectivity index (χ0) is 17.1. The number of hydrogen-bond donors (Lipinski definition) is 2. The summed E-state index contributed by atoms with van der Waals surface area (Å²) in [5.74, 6) is 0.0567. The largest absolute Gasteiger partial charge is 0.338 e. The van der Waals surface area contributed by atoms with Gasteiger partial charge >= 0.3 is 0 Å². The van der Waals surface area contributed by atoms with Gasteiger partial charge in [0, 0.05) is 25.2 Å². The molecule has 1 aliphatic heterocycles. The minimum atomic E-state index is -3.21. The van der Waals surface area contributed by atoms with Gasteiger partial charge in [-0.05, 0) is 43.0 Å². The van der Waals surface area contributed by atoms with Crippen molar-refractivity contribution in [1.82, 2.24) is 9.62 Å². The molecule has 1 saturated heterocycles.